The maximum absolute atomic E-state index is 13.1. The van der Waals surface area contributed by atoms with Crippen molar-refractivity contribution in [3.8, 4) is 0 Å². The summed E-state index contributed by atoms with van der Waals surface area (Å²) in [5, 5.41) is 6.33. The van der Waals surface area contributed by atoms with E-state index in [1.165, 1.54) is 4.90 Å². The Morgan fingerprint density at radius 1 is 1.18 bits per heavy atom. The van der Waals surface area contributed by atoms with Crippen molar-refractivity contribution < 1.29 is 19.1 Å². The Hall–Kier alpha value is -2.78. The number of benzene rings is 1. The van der Waals surface area contributed by atoms with Crippen LogP contribution in [0.5, 0.6) is 0 Å². The van der Waals surface area contributed by atoms with E-state index in [2.05, 4.69) is 15.5 Å². The van der Waals surface area contributed by atoms with Crippen LogP contribution < -0.4 is 10.6 Å². The number of likely N-dealkylation sites (N-methyl/N-ethyl adjacent to an activating group) is 1. The largest absolute Gasteiger partial charge is 0.463 e. The topological polar surface area (TPSA) is 94.2 Å². The number of halogens is 1. The van der Waals surface area contributed by atoms with Gasteiger partial charge in [-0.05, 0) is 39.3 Å². The lowest BCUT2D eigenvalue weighted by molar-refractivity contribution is -0.139. The summed E-state index contributed by atoms with van der Waals surface area (Å²) in [5.41, 5.74) is 1.26. The second-order valence-electron chi connectivity index (χ2n) is 9.49. The predicted octanol–water partition coefficient (Wildman–Crippen LogP) is 2.98. The number of ether oxygens (including phenoxy) is 1. The molecule has 0 spiro atoms. The van der Waals surface area contributed by atoms with Crippen LogP contribution in [0.1, 0.15) is 39.3 Å². The highest BCUT2D eigenvalue weighted by atomic mass is 35.5. The van der Waals surface area contributed by atoms with Gasteiger partial charge in [0.2, 0.25) is 0 Å². The number of esters is 1. The van der Waals surface area contributed by atoms with Gasteiger partial charge >= 0.3 is 18.0 Å². The molecule has 0 aliphatic carbocycles. The van der Waals surface area contributed by atoms with Crippen molar-refractivity contribution in [3.63, 3.8) is 0 Å². The summed E-state index contributed by atoms with van der Waals surface area (Å²) in [6.45, 7) is 10.5. The van der Waals surface area contributed by atoms with Crippen LogP contribution in [0, 0.1) is 0 Å². The molecule has 0 aromatic heterocycles. The molecule has 1 aromatic carbocycles. The highest BCUT2D eigenvalue weighted by molar-refractivity contribution is 6.31. The lowest BCUT2D eigenvalue weighted by Crippen LogP contribution is -2.56. The SMILES string of the molecule is CCOC(=O)C1=C(CN2CCN(C(=O)NC(C)(C)C)CC2)N(C)C(=O)N[C@H]1c1ccccc1Cl. The quantitative estimate of drug-likeness (QED) is 0.617. The summed E-state index contributed by atoms with van der Waals surface area (Å²) in [6.07, 6.45) is 0. The number of carbonyl (C=O) groups excluding carboxylic acids is 3. The molecule has 0 radical (unpaired) electrons. The number of amides is 4. The van der Waals surface area contributed by atoms with Gasteiger partial charge in [0, 0.05) is 56.0 Å². The van der Waals surface area contributed by atoms with Crippen LogP contribution in [0.4, 0.5) is 9.59 Å². The van der Waals surface area contributed by atoms with Crippen LogP contribution in [0.15, 0.2) is 35.5 Å². The number of hydrogen-bond acceptors (Lipinski definition) is 5. The maximum atomic E-state index is 13.1. The smallest absolute Gasteiger partial charge is 0.338 e. The van der Waals surface area contributed by atoms with Crippen LogP contribution in [-0.2, 0) is 9.53 Å². The lowest BCUT2D eigenvalue weighted by atomic mass is 9.94. The Morgan fingerprint density at radius 3 is 2.41 bits per heavy atom. The van der Waals surface area contributed by atoms with Gasteiger partial charge in [0.1, 0.15) is 0 Å². The molecule has 2 N–H and O–H groups in total. The first kappa shape index (κ1) is 25.8. The number of nitrogens with one attached hydrogen (secondary N) is 2. The molecule has 10 heteroatoms. The molecule has 3 rings (SSSR count). The highest BCUT2D eigenvalue weighted by Gasteiger charge is 2.38. The molecule has 2 aliphatic heterocycles. The summed E-state index contributed by atoms with van der Waals surface area (Å²) in [4.78, 5) is 43.8. The van der Waals surface area contributed by atoms with Crippen LogP contribution in [0.2, 0.25) is 5.02 Å². The van der Waals surface area contributed by atoms with Gasteiger partial charge in [0.05, 0.1) is 18.2 Å². The molecule has 1 atom stereocenters. The van der Waals surface area contributed by atoms with E-state index >= 15 is 0 Å². The molecule has 1 aromatic rings. The average Bonchev–Trinajstić information content (AvgIpc) is 2.76. The summed E-state index contributed by atoms with van der Waals surface area (Å²) in [5.74, 6) is -0.488. The minimum atomic E-state index is -0.717. The Bertz CT molecular complexity index is 966. The van der Waals surface area contributed by atoms with E-state index in [9.17, 15) is 14.4 Å². The monoisotopic (exact) mass is 491 g/mol. The van der Waals surface area contributed by atoms with Gasteiger partial charge in [-0.15, -0.1) is 0 Å². The fourth-order valence-corrected chi connectivity index (χ4v) is 4.31. The van der Waals surface area contributed by atoms with Crippen LogP contribution in [-0.4, -0.2) is 84.6 Å². The molecular weight excluding hydrogens is 458 g/mol. The molecule has 1 saturated heterocycles. The second kappa shape index (κ2) is 10.7. The van der Waals surface area contributed by atoms with E-state index in [0.717, 1.165) is 0 Å². The molecule has 0 unspecified atom stereocenters. The molecule has 34 heavy (non-hydrogen) atoms. The van der Waals surface area contributed by atoms with Crippen molar-refractivity contribution in [2.45, 2.75) is 39.3 Å². The third-order valence-electron chi connectivity index (χ3n) is 5.80. The third-order valence-corrected chi connectivity index (χ3v) is 6.15. The number of piperazine rings is 1. The maximum Gasteiger partial charge on any atom is 0.338 e. The number of hydrogen-bond donors (Lipinski definition) is 2. The zero-order valence-electron chi connectivity index (χ0n) is 20.5. The first-order chi connectivity index (χ1) is 16.0. The molecular formula is C24H34ClN5O4. The normalized spacial score (nSPS) is 19.7. The van der Waals surface area contributed by atoms with Crippen molar-refractivity contribution in [2.24, 2.45) is 0 Å². The van der Waals surface area contributed by atoms with Gasteiger partial charge in [-0.1, -0.05) is 29.8 Å². The fourth-order valence-electron chi connectivity index (χ4n) is 4.06. The van der Waals surface area contributed by atoms with E-state index in [0.29, 0.717) is 54.6 Å². The first-order valence-corrected chi connectivity index (χ1v) is 11.9. The molecule has 2 aliphatic rings. The fraction of sp³-hybridized carbons (Fsp3) is 0.542. The molecule has 0 bridgehead atoms. The molecule has 186 valence electrons. The zero-order chi connectivity index (χ0) is 25.0. The number of rotatable bonds is 5. The lowest BCUT2D eigenvalue weighted by Gasteiger charge is -2.40. The first-order valence-electron chi connectivity index (χ1n) is 11.5. The second-order valence-corrected chi connectivity index (χ2v) is 9.89. The summed E-state index contributed by atoms with van der Waals surface area (Å²) in [7, 11) is 1.64. The van der Waals surface area contributed by atoms with Gasteiger partial charge in [-0.2, -0.15) is 0 Å². The Labute approximate surface area is 206 Å². The van der Waals surface area contributed by atoms with Crippen molar-refractivity contribution in [3.05, 3.63) is 46.1 Å². The minimum Gasteiger partial charge on any atom is -0.463 e. The van der Waals surface area contributed by atoms with Crippen molar-refractivity contribution >= 4 is 29.6 Å². The Balaban J connectivity index is 1.86. The van der Waals surface area contributed by atoms with Crippen molar-refractivity contribution in [1.82, 2.24) is 25.3 Å². The summed E-state index contributed by atoms with van der Waals surface area (Å²) < 4.78 is 5.37. The highest BCUT2D eigenvalue weighted by Crippen LogP contribution is 2.34. The van der Waals surface area contributed by atoms with E-state index < -0.39 is 12.0 Å². The number of carbonyl (C=O) groups is 3. The van der Waals surface area contributed by atoms with Crippen molar-refractivity contribution in [2.75, 3.05) is 46.4 Å². The summed E-state index contributed by atoms with van der Waals surface area (Å²) in [6, 6.07) is 6.00. The van der Waals surface area contributed by atoms with E-state index in [4.69, 9.17) is 16.3 Å². The van der Waals surface area contributed by atoms with Gasteiger partial charge in [0.25, 0.3) is 0 Å². The molecule has 2 heterocycles. The number of urea groups is 2. The Morgan fingerprint density at radius 2 is 1.82 bits per heavy atom. The standard InChI is InChI=1S/C24H34ClN5O4/c1-6-34-21(31)19-18(15-29-11-13-30(14-12-29)23(33)27-24(2,3)4)28(5)22(32)26-20(19)16-9-7-8-10-17(16)25/h7-10,20H,6,11-15H2,1-5H3,(H,26,32)(H,27,33)/t20-/m0/s1. The van der Waals surface area contributed by atoms with Crippen molar-refractivity contribution in [1.29, 1.82) is 0 Å². The molecule has 9 nitrogen and oxygen atoms in total. The van der Waals surface area contributed by atoms with E-state index in [1.807, 2.05) is 26.8 Å². The summed E-state index contributed by atoms with van der Waals surface area (Å²) >= 11 is 6.43. The molecule has 0 saturated carbocycles. The predicted molar refractivity (Wildman–Crippen MR) is 130 cm³/mol. The van der Waals surface area contributed by atoms with E-state index in [1.54, 1.807) is 37.1 Å². The van der Waals surface area contributed by atoms with Gasteiger partial charge in [-0.25, -0.2) is 14.4 Å². The van der Waals surface area contributed by atoms with Crippen LogP contribution in [0.25, 0.3) is 0 Å². The van der Waals surface area contributed by atoms with Crippen LogP contribution in [0.3, 0.4) is 0 Å². The zero-order valence-corrected chi connectivity index (χ0v) is 21.2. The Kier molecular flexibility index (Phi) is 8.09. The van der Waals surface area contributed by atoms with Gasteiger partial charge < -0.3 is 20.3 Å². The number of nitrogens with zero attached hydrogens (tertiary/aromatic N) is 3. The van der Waals surface area contributed by atoms with Gasteiger partial charge in [0.15, 0.2) is 0 Å². The van der Waals surface area contributed by atoms with Gasteiger partial charge in [-0.3, -0.25) is 9.80 Å². The van der Waals surface area contributed by atoms with Crippen LogP contribution >= 0.6 is 11.6 Å². The molecule has 4 amide bonds. The average molecular weight is 492 g/mol. The minimum absolute atomic E-state index is 0.0912. The molecule has 1 fully saturated rings. The van der Waals surface area contributed by atoms with E-state index in [-0.39, 0.29) is 24.2 Å². The third kappa shape index (κ3) is 6.01.